The molecule has 2 amide bonds. The van der Waals surface area contributed by atoms with Gasteiger partial charge in [-0.1, -0.05) is 6.42 Å². The molecule has 0 saturated heterocycles. The molecular formula is C18H33N9O4. The van der Waals surface area contributed by atoms with Crippen molar-refractivity contribution in [2.24, 2.45) is 27.9 Å². The molecule has 0 aliphatic rings. The van der Waals surface area contributed by atoms with Gasteiger partial charge in [-0.2, -0.15) is 0 Å². The molecule has 0 aliphatic carbocycles. The van der Waals surface area contributed by atoms with Crippen LogP contribution in [0, 0.1) is 0 Å². The number of carboxylic acids is 1. The fourth-order valence-corrected chi connectivity index (χ4v) is 2.78. The van der Waals surface area contributed by atoms with E-state index in [9.17, 15) is 19.5 Å². The molecule has 3 atom stereocenters. The maximum Gasteiger partial charge on any atom is 0.326 e. The molecule has 12 N–H and O–H groups in total. The number of carbonyl (C=O) groups excluding carboxylic acids is 2. The molecule has 0 radical (unpaired) electrons. The van der Waals surface area contributed by atoms with Crippen LogP contribution in [0.5, 0.6) is 0 Å². The first-order valence-corrected chi connectivity index (χ1v) is 10.1. The number of nitrogens with two attached hydrogens (primary N) is 4. The van der Waals surface area contributed by atoms with Gasteiger partial charge in [0, 0.05) is 24.9 Å². The standard InChI is InChI=1S/C18H33N9O4/c19-6-2-1-4-12(20)15(28)27-14(8-11-9-23-10-25-11)16(29)26-13(17(30)31)5-3-7-24-18(21)22/h9-10,12-14H,1-8,19-20H2,(H,23,25)(H,26,29)(H,27,28)(H,30,31)(H4,21,22,24). The Morgan fingerprint density at radius 1 is 1.10 bits per heavy atom. The number of carboxylic acid groups (broad SMARTS) is 1. The predicted octanol–water partition coefficient (Wildman–Crippen LogP) is -2.48. The van der Waals surface area contributed by atoms with Gasteiger partial charge in [-0.05, 0) is 32.2 Å². The second kappa shape index (κ2) is 13.9. The maximum atomic E-state index is 12.8. The molecule has 0 saturated carbocycles. The number of rotatable bonds is 15. The highest BCUT2D eigenvalue weighted by Crippen LogP contribution is 2.05. The number of nitrogens with one attached hydrogen (secondary N) is 3. The van der Waals surface area contributed by atoms with Crippen LogP contribution < -0.4 is 33.6 Å². The van der Waals surface area contributed by atoms with Gasteiger partial charge < -0.3 is 43.7 Å². The summed E-state index contributed by atoms with van der Waals surface area (Å²) in [5, 5.41) is 14.5. The zero-order chi connectivity index (χ0) is 23.2. The fraction of sp³-hybridized carbons (Fsp3) is 0.611. The Kier molecular flexibility index (Phi) is 11.6. The van der Waals surface area contributed by atoms with Crippen molar-refractivity contribution >= 4 is 23.7 Å². The monoisotopic (exact) mass is 439 g/mol. The van der Waals surface area contributed by atoms with Gasteiger partial charge in [0.25, 0.3) is 0 Å². The van der Waals surface area contributed by atoms with E-state index in [0.717, 1.165) is 6.42 Å². The van der Waals surface area contributed by atoms with E-state index < -0.39 is 35.9 Å². The number of imidazole rings is 1. The summed E-state index contributed by atoms with van der Waals surface area (Å²) in [5.74, 6) is -2.45. The third kappa shape index (κ3) is 10.4. The first-order chi connectivity index (χ1) is 14.7. The minimum atomic E-state index is -1.21. The molecule has 31 heavy (non-hydrogen) atoms. The van der Waals surface area contributed by atoms with Crippen molar-refractivity contribution in [3.05, 3.63) is 18.2 Å². The van der Waals surface area contributed by atoms with Gasteiger partial charge >= 0.3 is 5.97 Å². The lowest BCUT2D eigenvalue weighted by atomic mass is 10.1. The van der Waals surface area contributed by atoms with Crippen LogP contribution in [-0.2, 0) is 20.8 Å². The molecule has 0 bridgehead atoms. The van der Waals surface area contributed by atoms with Gasteiger partial charge in [0.15, 0.2) is 5.96 Å². The van der Waals surface area contributed by atoms with Gasteiger partial charge in [0.2, 0.25) is 11.8 Å². The number of H-pyrrole nitrogens is 1. The third-order valence-electron chi connectivity index (χ3n) is 4.48. The van der Waals surface area contributed by atoms with Crippen LogP contribution in [0.1, 0.15) is 37.8 Å². The average Bonchev–Trinajstić information content (AvgIpc) is 3.22. The molecule has 1 aromatic rings. The number of hydrogen-bond acceptors (Lipinski definition) is 7. The van der Waals surface area contributed by atoms with Crippen LogP contribution in [0.25, 0.3) is 0 Å². The van der Waals surface area contributed by atoms with Gasteiger partial charge in [-0.15, -0.1) is 0 Å². The van der Waals surface area contributed by atoms with Gasteiger partial charge in [-0.3, -0.25) is 14.6 Å². The maximum absolute atomic E-state index is 12.8. The first-order valence-electron chi connectivity index (χ1n) is 10.1. The molecule has 13 heteroatoms. The summed E-state index contributed by atoms with van der Waals surface area (Å²) in [6.07, 6.45) is 5.34. The predicted molar refractivity (Wildman–Crippen MR) is 115 cm³/mol. The van der Waals surface area contributed by atoms with E-state index in [4.69, 9.17) is 22.9 Å². The van der Waals surface area contributed by atoms with Crippen molar-refractivity contribution in [3.63, 3.8) is 0 Å². The number of amides is 2. The lowest BCUT2D eigenvalue weighted by Gasteiger charge is -2.22. The van der Waals surface area contributed by atoms with Crippen molar-refractivity contribution in [2.45, 2.75) is 56.7 Å². The summed E-state index contributed by atoms with van der Waals surface area (Å²) in [6.45, 7) is 0.729. The summed E-state index contributed by atoms with van der Waals surface area (Å²) in [4.78, 5) is 47.3. The number of aromatic nitrogens is 2. The van der Waals surface area contributed by atoms with Crippen molar-refractivity contribution in [2.75, 3.05) is 13.1 Å². The Morgan fingerprint density at radius 2 is 1.81 bits per heavy atom. The van der Waals surface area contributed by atoms with Crippen LogP contribution >= 0.6 is 0 Å². The van der Waals surface area contributed by atoms with Crippen LogP contribution in [0.4, 0.5) is 0 Å². The molecule has 3 unspecified atom stereocenters. The highest BCUT2D eigenvalue weighted by Gasteiger charge is 2.28. The quantitative estimate of drug-likeness (QED) is 0.0817. The molecule has 1 rings (SSSR count). The minimum Gasteiger partial charge on any atom is -0.480 e. The number of hydrogen-bond donors (Lipinski definition) is 8. The fourth-order valence-electron chi connectivity index (χ4n) is 2.78. The summed E-state index contributed by atoms with van der Waals surface area (Å²) < 4.78 is 0. The number of aromatic amines is 1. The zero-order valence-corrected chi connectivity index (χ0v) is 17.4. The Hall–Kier alpha value is -3.19. The normalized spacial score (nSPS) is 13.6. The summed E-state index contributed by atoms with van der Waals surface area (Å²) >= 11 is 0. The first kappa shape index (κ1) is 25.8. The van der Waals surface area contributed by atoms with Gasteiger partial charge in [0.1, 0.15) is 12.1 Å². The average molecular weight is 440 g/mol. The Balaban J connectivity index is 2.78. The highest BCUT2D eigenvalue weighted by molar-refractivity contribution is 5.91. The summed E-state index contributed by atoms with van der Waals surface area (Å²) in [6, 6.07) is -3.01. The van der Waals surface area contributed by atoms with Crippen molar-refractivity contribution in [3.8, 4) is 0 Å². The van der Waals surface area contributed by atoms with E-state index in [0.29, 0.717) is 31.5 Å². The molecule has 174 valence electrons. The summed E-state index contributed by atoms with van der Waals surface area (Å²) in [7, 11) is 0. The van der Waals surface area contributed by atoms with Crippen LogP contribution in [0.3, 0.4) is 0 Å². The van der Waals surface area contributed by atoms with Crippen LogP contribution in [-0.4, -0.2) is 70.0 Å². The SMILES string of the molecule is NCCCCC(N)C(=O)NC(Cc1cnc[nH]1)C(=O)NC(CCCN=C(N)N)C(=O)O. The second-order valence-electron chi connectivity index (χ2n) is 7.08. The number of aliphatic carboxylic acids is 1. The smallest absolute Gasteiger partial charge is 0.326 e. The highest BCUT2D eigenvalue weighted by atomic mass is 16.4. The number of nitrogens with zero attached hydrogens (tertiary/aromatic N) is 2. The Morgan fingerprint density at radius 3 is 2.39 bits per heavy atom. The molecule has 1 aromatic heterocycles. The molecule has 0 fully saturated rings. The number of guanidine groups is 1. The topological polar surface area (TPSA) is 241 Å². The van der Waals surface area contributed by atoms with E-state index in [2.05, 4.69) is 25.6 Å². The number of unbranched alkanes of at least 4 members (excludes halogenated alkanes) is 1. The van der Waals surface area contributed by atoms with Crippen molar-refractivity contribution in [1.29, 1.82) is 0 Å². The van der Waals surface area contributed by atoms with E-state index in [1.807, 2.05) is 0 Å². The zero-order valence-electron chi connectivity index (χ0n) is 17.4. The van der Waals surface area contributed by atoms with E-state index in [1.165, 1.54) is 12.5 Å². The van der Waals surface area contributed by atoms with Gasteiger partial charge in [-0.25, -0.2) is 9.78 Å². The molecular weight excluding hydrogens is 406 g/mol. The largest absolute Gasteiger partial charge is 0.480 e. The van der Waals surface area contributed by atoms with Crippen LogP contribution in [0.2, 0.25) is 0 Å². The van der Waals surface area contributed by atoms with Crippen LogP contribution in [0.15, 0.2) is 17.5 Å². The molecule has 0 aromatic carbocycles. The van der Waals surface area contributed by atoms with E-state index in [-0.39, 0.29) is 25.3 Å². The molecule has 13 nitrogen and oxygen atoms in total. The number of aliphatic imine (C=N–C) groups is 1. The van der Waals surface area contributed by atoms with Crippen molar-refractivity contribution in [1.82, 2.24) is 20.6 Å². The Labute approximate surface area is 180 Å². The van der Waals surface area contributed by atoms with E-state index in [1.54, 1.807) is 0 Å². The lowest BCUT2D eigenvalue weighted by molar-refractivity contribution is -0.142. The molecule has 0 aliphatic heterocycles. The van der Waals surface area contributed by atoms with Crippen molar-refractivity contribution < 1.29 is 19.5 Å². The second-order valence-corrected chi connectivity index (χ2v) is 7.08. The van der Waals surface area contributed by atoms with E-state index >= 15 is 0 Å². The summed E-state index contributed by atoms with van der Waals surface area (Å²) in [5.41, 5.74) is 22.4. The molecule has 0 spiro atoms. The minimum absolute atomic E-state index is 0.0907. The number of carbonyl (C=O) groups is 3. The third-order valence-corrected chi connectivity index (χ3v) is 4.48. The molecule has 1 heterocycles. The Bertz CT molecular complexity index is 720. The lowest BCUT2D eigenvalue weighted by Crippen LogP contribution is -2.55. The van der Waals surface area contributed by atoms with Gasteiger partial charge in [0.05, 0.1) is 12.4 Å².